The molecule has 0 saturated carbocycles. The molecule has 2 aromatic carbocycles. The van der Waals surface area contributed by atoms with Crippen LogP contribution in [0.2, 0.25) is 10.2 Å². The summed E-state index contributed by atoms with van der Waals surface area (Å²) in [6.07, 6.45) is 6.53. The molecular formula is C32H28Cl2N8O3. The molecule has 3 aromatic heterocycles. The number of aromatic nitrogens is 6. The van der Waals surface area contributed by atoms with Gasteiger partial charge in [-0.25, -0.2) is 9.67 Å². The summed E-state index contributed by atoms with van der Waals surface area (Å²) in [5, 5.41) is 14.3. The predicted molar refractivity (Wildman–Crippen MR) is 172 cm³/mol. The van der Waals surface area contributed by atoms with Gasteiger partial charge in [0.25, 0.3) is 11.5 Å². The van der Waals surface area contributed by atoms with E-state index in [0.29, 0.717) is 63.7 Å². The van der Waals surface area contributed by atoms with E-state index in [1.807, 2.05) is 19.1 Å². The lowest BCUT2D eigenvalue weighted by Crippen LogP contribution is -2.27. The first-order chi connectivity index (χ1) is 21.7. The zero-order chi connectivity index (χ0) is 31.7. The lowest BCUT2D eigenvalue weighted by molar-refractivity contribution is -0.119. The van der Waals surface area contributed by atoms with Crippen LogP contribution in [-0.2, 0) is 4.79 Å². The number of nitrogens with zero attached hydrogens (tertiary/aromatic N) is 6. The highest BCUT2D eigenvalue weighted by Gasteiger charge is 2.23. The summed E-state index contributed by atoms with van der Waals surface area (Å²) < 4.78 is 3.05. The number of nitrogens with one attached hydrogen (secondary N) is 2. The van der Waals surface area contributed by atoms with Gasteiger partial charge in [-0.05, 0) is 66.9 Å². The normalized spacial score (nSPS) is 16.6. The average Bonchev–Trinajstić information content (AvgIpc) is 3.48. The van der Waals surface area contributed by atoms with Gasteiger partial charge in [0, 0.05) is 52.6 Å². The zero-order valence-corrected chi connectivity index (χ0v) is 25.9. The molecule has 0 radical (unpaired) electrons. The molecule has 0 unspecified atom stereocenters. The van der Waals surface area contributed by atoms with Crippen molar-refractivity contribution in [2.75, 3.05) is 12.4 Å². The zero-order valence-electron chi connectivity index (χ0n) is 24.4. The molecule has 0 fully saturated rings. The smallest absolute Gasteiger partial charge is 0.254 e. The second-order valence-corrected chi connectivity index (χ2v) is 11.6. The van der Waals surface area contributed by atoms with Crippen molar-refractivity contribution in [2.24, 2.45) is 5.92 Å². The number of benzene rings is 2. The Kier molecular flexibility index (Phi) is 8.46. The number of amides is 2. The molecular weight excluding hydrogens is 615 g/mol. The molecule has 5 aromatic rings. The number of fused-ring (bicyclic) bond motifs is 4. The van der Waals surface area contributed by atoms with Crippen molar-refractivity contribution in [2.45, 2.75) is 32.2 Å². The number of hydrogen-bond donors (Lipinski definition) is 2. The SMILES string of the molecule is CNC(=O)c1ccc2c(c1)-c1ccnc(c1)[C@@H](n1cnc(-c3cc(Cl)ccc3-n3cc(Cl)nn3)cc1=O)CCC[C@@H](C)C(=O)N2. The van der Waals surface area contributed by atoms with Crippen LogP contribution in [0.1, 0.15) is 48.3 Å². The van der Waals surface area contributed by atoms with Gasteiger partial charge in [0.2, 0.25) is 5.91 Å². The molecule has 2 bridgehead atoms. The van der Waals surface area contributed by atoms with Crippen LogP contribution in [-0.4, -0.2) is 48.4 Å². The Balaban J connectivity index is 1.45. The summed E-state index contributed by atoms with van der Waals surface area (Å²) in [7, 11) is 1.56. The first kappa shape index (κ1) is 30.2. The van der Waals surface area contributed by atoms with Crippen molar-refractivity contribution in [3.63, 3.8) is 0 Å². The van der Waals surface area contributed by atoms with Crippen LogP contribution < -0.4 is 16.2 Å². The van der Waals surface area contributed by atoms with Crippen LogP contribution in [0.15, 0.2) is 78.1 Å². The maximum Gasteiger partial charge on any atom is 0.254 e. The minimum absolute atomic E-state index is 0.121. The maximum absolute atomic E-state index is 13.8. The van der Waals surface area contributed by atoms with E-state index in [2.05, 4.69) is 30.9 Å². The van der Waals surface area contributed by atoms with E-state index < -0.39 is 6.04 Å². The van der Waals surface area contributed by atoms with E-state index in [0.717, 1.165) is 5.56 Å². The highest BCUT2D eigenvalue weighted by Crippen LogP contribution is 2.34. The molecule has 4 heterocycles. The lowest BCUT2D eigenvalue weighted by Gasteiger charge is -2.23. The standard InChI is InChI=1S/C32H28Cl2N8O3/c1-18-4-3-5-28(26-13-19(10-11-36-26)22-12-20(32(45)35-2)6-8-24(22)38-31(18)44)41-17-37-25(15-30(41)43)23-14-21(33)7-9-27(23)42-16-29(34)39-40-42/h6-18,28H,3-5H2,1-2H3,(H,35,45)(H,38,44)/t18-,28+/m1/s1. The Morgan fingerprint density at radius 3 is 2.60 bits per heavy atom. The number of pyridine rings is 1. The summed E-state index contributed by atoms with van der Waals surface area (Å²) >= 11 is 12.3. The first-order valence-corrected chi connectivity index (χ1v) is 15.1. The molecule has 1 aliphatic heterocycles. The Labute approximate surface area is 268 Å². The highest BCUT2D eigenvalue weighted by molar-refractivity contribution is 6.31. The van der Waals surface area contributed by atoms with Gasteiger partial charge in [0.05, 0.1) is 35.6 Å². The van der Waals surface area contributed by atoms with Gasteiger partial charge < -0.3 is 10.6 Å². The first-order valence-electron chi connectivity index (χ1n) is 14.3. The summed E-state index contributed by atoms with van der Waals surface area (Å²) in [5.41, 5.74) is 4.39. The van der Waals surface area contributed by atoms with E-state index >= 15 is 0 Å². The molecule has 2 amide bonds. The van der Waals surface area contributed by atoms with Crippen molar-refractivity contribution in [3.05, 3.63) is 105 Å². The van der Waals surface area contributed by atoms with Gasteiger partial charge in [-0.3, -0.25) is 23.9 Å². The van der Waals surface area contributed by atoms with Gasteiger partial charge in [0.15, 0.2) is 5.15 Å². The molecule has 0 spiro atoms. The van der Waals surface area contributed by atoms with Gasteiger partial charge in [0.1, 0.15) is 0 Å². The Bertz CT molecular complexity index is 1990. The quantitative estimate of drug-likeness (QED) is 0.261. The molecule has 0 aliphatic carbocycles. The summed E-state index contributed by atoms with van der Waals surface area (Å²) in [5.74, 6) is -0.653. The Hall–Kier alpha value is -4.87. The van der Waals surface area contributed by atoms with Crippen molar-refractivity contribution >= 4 is 40.7 Å². The topological polar surface area (TPSA) is 137 Å². The maximum atomic E-state index is 13.8. The number of anilines is 1. The molecule has 2 atom stereocenters. The van der Waals surface area contributed by atoms with E-state index in [-0.39, 0.29) is 28.4 Å². The van der Waals surface area contributed by atoms with E-state index in [1.165, 1.54) is 17.1 Å². The summed E-state index contributed by atoms with van der Waals surface area (Å²) in [6, 6.07) is 15.0. The third-order valence-corrected chi connectivity index (χ3v) is 8.29. The summed E-state index contributed by atoms with van der Waals surface area (Å²) in [6.45, 7) is 1.87. The number of rotatable bonds is 4. The molecule has 11 nitrogen and oxygen atoms in total. The molecule has 45 heavy (non-hydrogen) atoms. The molecule has 0 saturated heterocycles. The van der Waals surface area contributed by atoms with Crippen LogP contribution in [0, 0.1) is 5.92 Å². The Morgan fingerprint density at radius 1 is 1.00 bits per heavy atom. The van der Waals surface area contributed by atoms with E-state index in [9.17, 15) is 14.4 Å². The monoisotopic (exact) mass is 642 g/mol. The highest BCUT2D eigenvalue weighted by atomic mass is 35.5. The number of carbonyl (C=O) groups excluding carboxylic acids is 2. The van der Waals surface area contributed by atoms with Gasteiger partial charge in [-0.15, -0.1) is 5.10 Å². The van der Waals surface area contributed by atoms with Gasteiger partial charge in [-0.2, -0.15) is 0 Å². The van der Waals surface area contributed by atoms with Crippen LogP contribution >= 0.6 is 23.2 Å². The molecule has 1 aliphatic rings. The number of halogens is 2. The minimum atomic E-state index is -0.466. The third-order valence-electron chi connectivity index (χ3n) is 7.88. The molecule has 6 rings (SSSR count). The van der Waals surface area contributed by atoms with Crippen molar-refractivity contribution < 1.29 is 9.59 Å². The second kappa shape index (κ2) is 12.6. The largest absolute Gasteiger partial charge is 0.355 e. The third kappa shape index (κ3) is 6.22. The van der Waals surface area contributed by atoms with Gasteiger partial charge >= 0.3 is 0 Å². The van der Waals surface area contributed by atoms with Crippen LogP contribution in [0.4, 0.5) is 5.69 Å². The fourth-order valence-electron chi connectivity index (χ4n) is 5.48. The van der Waals surface area contributed by atoms with Gasteiger partial charge in [-0.1, -0.05) is 41.8 Å². The summed E-state index contributed by atoms with van der Waals surface area (Å²) in [4.78, 5) is 48.7. The van der Waals surface area contributed by atoms with Crippen molar-refractivity contribution in [1.82, 2.24) is 34.8 Å². The lowest BCUT2D eigenvalue weighted by atomic mass is 9.94. The minimum Gasteiger partial charge on any atom is -0.355 e. The van der Waals surface area contributed by atoms with E-state index in [1.54, 1.807) is 60.4 Å². The fraction of sp³-hybridized carbons (Fsp3) is 0.219. The van der Waals surface area contributed by atoms with Crippen LogP contribution in [0.3, 0.4) is 0 Å². The van der Waals surface area contributed by atoms with Crippen LogP contribution in [0.25, 0.3) is 28.1 Å². The Morgan fingerprint density at radius 2 is 1.84 bits per heavy atom. The van der Waals surface area contributed by atoms with Crippen LogP contribution in [0.5, 0.6) is 0 Å². The number of hydrogen-bond acceptors (Lipinski definition) is 7. The van der Waals surface area contributed by atoms with Crippen molar-refractivity contribution in [1.29, 1.82) is 0 Å². The molecule has 228 valence electrons. The number of carbonyl (C=O) groups is 2. The van der Waals surface area contributed by atoms with Crippen molar-refractivity contribution in [3.8, 4) is 28.1 Å². The second-order valence-electron chi connectivity index (χ2n) is 10.8. The fourth-order valence-corrected chi connectivity index (χ4v) is 5.77. The molecule has 2 N–H and O–H groups in total. The average molecular weight is 644 g/mol. The molecule has 13 heteroatoms. The van der Waals surface area contributed by atoms with E-state index in [4.69, 9.17) is 23.2 Å². The predicted octanol–water partition coefficient (Wildman–Crippen LogP) is 5.57.